The first-order chi connectivity index (χ1) is 5.55. The van der Waals surface area contributed by atoms with Crippen LogP contribution in [0, 0.1) is 0 Å². The third-order valence-corrected chi connectivity index (χ3v) is 3.39. The molecule has 0 aromatic heterocycles. The molecule has 0 amide bonds. The second-order valence-electron chi connectivity index (χ2n) is 2.61. The molecule has 1 N–H and O–H groups in total. The molecule has 3 unspecified atom stereocenters. The third kappa shape index (κ3) is 2.03. The molecule has 12 heavy (non-hydrogen) atoms. The minimum atomic E-state index is -1.21. The van der Waals surface area contributed by atoms with Crippen molar-refractivity contribution in [3.63, 3.8) is 0 Å². The average molecular weight is 254 g/mol. The van der Waals surface area contributed by atoms with E-state index < -0.39 is 16.0 Å². The van der Waals surface area contributed by atoms with Crippen molar-refractivity contribution < 1.29 is 9.84 Å². The number of hydrogen-bond donors (Lipinski definition) is 1. The predicted octanol–water partition coefficient (Wildman–Crippen LogP) is 2.17. The van der Waals surface area contributed by atoms with Crippen molar-refractivity contribution in [2.24, 2.45) is 0 Å². The molecule has 0 radical (unpaired) electrons. The van der Waals surface area contributed by atoms with Crippen LogP contribution in [0.25, 0.3) is 0 Å². The number of hydrogen-bond acceptors (Lipinski definition) is 2. The standard InChI is InChI=1S/C8H10BrClO2/c1-6(10)8(9,11)7-4-2-3-5-12-7/h2-7,11H,1H3. The predicted molar refractivity (Wildman–Crippen MR) is 52.3 cm³/mol. The van der Waals surface area contributed by atoms with Gasteiger partial charge >= 0.3 is 0 Å². The lowest BCUT2D eigenvalue weighted by atomic mass is 10.1. The summed E-state index contributed by atoms with van der Waals surface area (Å²) in [5.74, 6) is 0. The maximum absolute atomic E-state index is 9.79. The van der Waals surface area contributed by atoms with E-state index in [2.05, 4.69) is 15.9 Å². The first-order valence-corrected chi connectivity index (χ1v) is 4.82. The van der Waals surface area contributed by atoms with Gasteiger partial charge in [0.25, 0.3) is 0 Å². The normalized spacial score (nSPS) is 29.2. The monoisotopic (exact) mass is 252 g/mol. The van der Waals surface area contributed by atoms with Gasteiger partial charge in [-0.25, -0.2) is 0 Å². The molecule has 3 atom stereocenters. The highest BCUT2D eigenvalue weighted by atomic mass is 79.9. The number of alkyl halides is 2. The maximum atomic E-state index is 9.79. The van der Waals surface area contributed by atoms with Crippen molar-refractivity contribution in [2.75, 3.05) is 0 Å². The third-order valence-electron chi connectivity index (χ3n) is 1.66. The van der Waals surface area contributed by atoms with Crippen molar-refractivity contribution in [3.8, 4) is 0 Å². The first kappa shape index (κ1) is 10.1. The van der Waals surface area contributed by atoms with Gasteiger partial charge in [-0.1, -0.05) is 6.08 Å². The number of halogens is 2. The molecule has 0 aromatic carbocycles. The van der Waals surface area contributed by atoms with Crippen molar-refractivity contribution in [1.29, 1.82) is 0 Å². The Balaban J connectivity index is 2.69. The van der Waals surface area contributed by atoms with E-state index in [-0.39, 0.29) is 0 Å². The Kier molecular flexibility index (Phi) is 3.21. The van der Waals surface area contributed by atoms with Gasteiger partial charge < -0.3 is 9.84 Å². The molecular weight excluding hydrogens is 243 g/mol. The van der Waals surface area contributed by atoms with Crippen LogP contribution < -0.4 is 0 Å². The molecule has 1 rings (SSSR count). The van der Waals surface area contributed by atoms with Crippen LogP contribution in [0.3, 0.4) is 0 Å². The largest absolute Gasteiger partial charge is 0.490 e. The quantitative estimate of drug-likeness (QED) is 0.764. The highest BCUT2D eigenvalue weighted by Gasteiger charge is 2.38. The zero-order chi connectivity index (χ0) is 9.19. The molecule has 1 heterocycles. The van der Waals surface area contributed by atoms with Crippen LogP contribution in [0.1, 0.15) is 6.92 Å². The van der Waals surface area contributed by atoms with Crippen LogP contribution in [0.5, 0.6) is 0 Å². The van der Waals surface area contributed by atoms with E-state index in [9.17, 15) is 5.11 Å². The summed E-state index contributed by atoms with van der Waals surface area (Å²) in [5.41, 5.74) is 0. The number of ether oxygens (including phenoxy) is 1. The summed E-state index contributed by atoms with van der Waals surface area (Å²) in [6.45, 7) is 1.70. The molecule has 0 aromatic rings. The Morgan fingerprint density at radius 1 is 1.67 bits per heavy atom. The molecule has 0 aliphatic carbocycles. The van der Waals surface area contributed by atoms with Crippen LogP contribution in [0.4, 0.5) is 0 Å². The van der Waals surface area contributed by atoms with Gasteiger partial charge in [-0.05, 0) is 35.0 Å². The summed E-state index contributed by atoms with van der Waals surface area (Å²) in [6, 6.07) is 0. The number of rotatable bonds is 2. The molecule has 0 saturated carbocycles. The Morgan fingerprint density at radius 3 is 2.75 bits per heavy atom. The fourth-order valence-electron chi connectivity index (χ4n) is 0.843. The van der Waals surface area contributed by atoms with E-state index >= 15 is 0 Å². The molecule has 0 bridgehead atoms. The zero-order valence-electron chi connectivity index (χ0n) is 6.58. The lowest BCUT2D eigenvalue weighted by Gasteiger charge is -2.31. The van der Waals surface area contributed by atoms with Crippen molar-refractivity contribution in [3.05, 3.63) is 24.5 Å². The van der Waals surface area contributed by atoms with Crippen molar-refractivity contribution in [1.82, 2.24) is 0 Å². The van der Waals surface area contributed by atoms with Crippen LogP contribution in [-0.4, -0.2) is 21.1 Å². The van der Waals surface area contributed by atoms with E-state index in [0.29, 0.717) is 0 Å². The summed E-state index contributed by atoms with van der Waals surface area (Å²) < 4.78 is 3.94. The van der Waals surface area contributed by atoms with Gasteiger partial charge in [0.1, 0.15) is 0 Å². The van der Waals surface area contributed by atoms with E-state index in [1.807, 2.05) is 0 Å². The Morgan fingerprint density at radius 2 is 2.33 bits per heavy atom. The Labute approximate surface area is 85.0 Å². The highest BCUT2D eigenvalue weighted by Crippen LogP contribution is 2.31. The number of aliphatic hydroxyl groups is 1. The summed E-state index contributed by atoms with van der Waals surface area (Å²) in [7, 11) is 0. The molecular formula is C8H10BrClO2. The van der Waals surface area contributed by atoms with Gasteiger partial charge in [0.05, 0.1) is 11.6 Å². The van der Waals surface area contributed by atoms with Crippen molar-refractivity contribution >= 4 is 27.5 Å². The van der Waals surface area contributed by atoms with Gasteiger partial charge in [0, 0.05) is 0 Å². The van der Waals surface area contributed by atoms with Crippen molar-refractivity contribution in [2.45, 2.75) is 22.9 Å². The summed E-state index contributed by atoms with van der Waals surface area (Å²) in [4.78, 5) is 0. The molecule has 1 aliphatic heterocycles. The fraction of sp³-hybridized carbons (Fsp3) is 0.500. The number of allylic oxidation sites excluding steroid dienone is 2. The van der Waals surface area contributed by atoms with Gasteiger partial charge in [0.2, 0.25) is 0 Å². The Bertz CT molecular complexity index is 211. The molecule has 2 nitrogen and oxygen atoms in total. The maximum Gasteiger partial charge on any atom is 0.175 e. The minimum Gasteiger partial charge on any atom is -0.490 e. The van der Waals surface area contributed by atoms with Gasteiger partial charge in [-0.2, -0.15) is 0 Å². The molecule has 0 saturated heterocycles. The lowest BCUT2D eigenvalue weighted by molar-refractivity contribution is 0.0156. The van der Waals surface area contributed by atoms with E-state index in [1.165, 1.54) is 6.26 Å². The van der Waals surface area contributed by atoms with Gasteiger partial charge in [-0.3, -0.25) is 0 Å². The van der Waals surface area contributed by atoms with Crippen LogP contribution in [0.15, 0.2) is 24.5 Å². The van der Waals surface area contributed by atoms with E-state index in [1.54, 1.807) is 25.2 Å². The molecule has 4 heteroatoms. The van der Waals surface area contributed by atoms with Gasteiger partial charge in [0.15, 0.2) is 10.6 Å². The second-order valence-corrected chi connectivity index (χ2v) is 4.54. The van der Waals surface area contributed by atoms with Crippen LogP contribution in [0.2, 0.25) is 0 Å². The summed E-state index contributed by atoms with van der Waals surface area (Å²) >= 11 is 8.89. The van der Waals surface area contributed by atoms with Crippen LogP contribution >= 0.6 is 27.5 Å². The fourth-order valence-corrected chi connectivity index (χ4v) is 1.23. The SMILES string of the molecule is CC(Cl)C(O)(Br)C1C=CC=CO1. The highest BCUT2D eigenvalue weighted by molar-refractivity contribution is 9.10. The summed E-state index contributed by atoms with van der Waals surface area (Å²) in [6.07, 6.45) is 6.39. The molecule has 1 aliphatic rings. The van der Waals surface area contributed by atoms with E-state index in [4.69, 9.17) is 16.3 Å². The molecule has 0 spiro atoms. The molecule has 68 valence electrons. The minimum absolute atomic E-state index is 0.432. The second kappa shape index (κ2) is 3.81. The Hall–Kier alpha value is 0.01000. The lowest BCUT2D eigenvalue weighted by Crippen LogP contribution is -2.43. The molecule has 0 fully saturated rings. The summed E-state index contributed by atoms with van der Waals surface area (Å²) in [5, 5.41) is 9.36. The smallest absolute Gasteiger partial charge is 0.175 e. The first-order valence-electron chi connectivity index (χ1n) is 3.59. The van der Waals surface area contributed by atoms with Crippen LogP contribution in [-0.2, 0) is 4.74 Å². The van der Waals surface area contributed by atoms with E-state index in [0.717, 1.165) is 0 Å². The average Bonchev–Trinajstić information content (AvgIpc) is 2.06. The zero-order valence-corrected chi connectivity index (χ0v) is 8.92. The topological polar surface area (TPSA) is 29.5 Å². The van der Waals surface area contributed by atoms with Gasteiger partial charge in [-0.15, -0.1) is 11.6 Å².